The highest BCUT2D eigenvalue weighted by molar-refractivity contribution is 6.30. The second-order valence-corrected chi connectivity index (χ2v) is 7.11. The molecule has 26 heavy (non-hydrogen) atoms. The van der Waals surface area contributed by atoms with E-state index in [1.54, 1.807) is 6.20 Å². The fourth-order valence-corrected chi connectivity index (χ4v) is 3.71. The Hall–Kier alpha value is -2.30. The van der Waals surface area contributed by atoms with Crippen LogP contribution < -0.4 is 4.74 Å². The van der Waals surface area contributed by atoms with Crippen LogP contribution in [0.3, 0.4) is 0 Å². The molecule has 0 saturated heterocycles. The SMILES string of the molecule is CC1c2cccn2CCN1Cc1cc(Cl)ccc1OCc1cccnc1. The molecule has 0 aliphatic carbocycles. The standard InChI is InChI=1S/C21H22ClN3O/c1-16-20-5-3-9-24(20)10-11-25(16)14-18-12-19(22)6-7-21(18)26-15-17-4-2-8-23-13-17/h2-9,12-13,16H,10-11,14-15H2,1H3. The molecule has 0 radical (unpaired) electrons. The molecule has 3 heterocycles. The number of halogens is 1. The Balaban J connectivity index is 1.52. The Kier molecular flexibility index (Phi) is 4.96. The fourth-order valence-electron chi connectivity index (χ4n) is 3.52. The number of ether oxygens (including phenoxy) is 1. The van der Waals surface area contributed by atoms with E-state index in [1.807, 2.05) is 36.5 Å². The molecule has 5 heteroatoms. The number of hydrogen-bond donors (Lipinski definition) is 0. The van der Waals surface area contributed by atoms with Gasteiger partial charge in [0.15, 0.2) is 0 Å². The van der Waals surface area contributed by atoms with Gasteiger partial charge in [0, 0.05) is 66.1 Å². The maximum Gasteiger partial charge on any atom is 0.124 e. The Morgan fingerprint density at radius 3 is 2.96 bits per heavy atom. The molecule has 0 bridgehead atoms. The highest BCUT2D eigenvalue weighted by atomic mass is 35.5. The normalized spacial score (nSPS) is 17.1. The lowest BCUT2D eigenvalue weighted by atomic mass is 10.1. The van der Waals surface area contributed by atoms with E-state index >= 15 is 0 Å². The van der Waals surface area contributed by atoms with Crippen LogP contribution in [-0.2, 0) is 19.7 Å². The molecule has 0 saturated carbocycles. The summed E-state index contributed by atoms with van der Waals surface area (Å²) >= 11 is 6.26. The van der Waals surface area contributed by atoms with Crippen molar-refractivity contribution in [3.63, 3.8) is 0 Å². The number of fused-ring (bicyclic) bond motifs is 1. The van der Waals surface area contributed by atoms with Crippen LogP contribution >= 0.6 is 11.6 Å². The zero-order valence-corrected chi connectivity index (χ0v) is 15.6. The Bertz CT molecular complexity index is 878. The average molecular weight is 368 g/mol. The van der Waals surface area contributed by atoms with Crippen LogP contribution in [0.2, 0.25) is 5.02 Å². The first-order valence-corrected chi connectivity index (χ1v) is 9.28. The maximum absolute atomic E-state index is 6.26. The van der Waals surface area contributed by atoms with Crippen LogP contribution in [0.25, 0.3) is 0 Å². The van der Waals surface area contributed by atoms with Crippen molar-refractivity contribution in [1.82, 2.24) is 14.5 Å². The highest BCUT2D eigenvalue weighted by Gasteiger charge is 2.24. The number of aromatic nitrogens is 2. The topological polar surface area (TPSA) is 30.3 Å². The number of benzene rings is 1. The predicted octanol–water partition coefficient (Wildman–Crippen LogP) is 4.69. The minimum atomic E-state index is 0.365. The molecule has 0 N–H and O–H groups in total. The van der Waals surface area contributed by atoms with E-state index in [0.717, 1.165) is 41.5 Å². The molecule has 3 aromatic rings. The van der Waals surface area contributed by atoms with Gasteiger partial charge in [-0.15, -0.1) is 0 Å². The number of rotatable bonds is 5. The molecule has 134 valence electrons. The molecule has 4 nitrogen and oxygen atoms in total. The van der Waals surface area contributed by atoms with Crippen molar-refractivity contribution < 1.29 is 4.74 Å². The van der Waals surface area contributed by atoms with Crippen molar-refractivity contribution >= 4 is 11.6 Å². The summed E-state index contributed by atoms with van der Waals surface area (Å²) in [6.07, 6.45) is 5.76. The number of hydrogen-bond acceptors (Lipinski definition) is 3. The van der Waals surface area contributed by atoms with Crippen molar-refractivity contribution in [1.29, 1.82) is 0 Å². The van der Waals surface area contributed by atoms with Gasteiger partial charge in [0.05, 0.1) is 0 Å². The second kappa shape index (κ2) is 7.52. The van der Waals surface area contributed by atoms with E-state index in [1.165, 1.54) is 5.69 Å². The quantitative estimate of drug-likeness (QED) is 0.655. The lowest BCUT2D eigenvalue weighted by Crippen LogP contribution is -2.36. The highest BCUT2D eigenvalue weighted by Crippen LogP contribution is 2.31. The van der Waals surface area contributed by atoms with E-state index in [4.69, 9.17) is 16.3 Å². The van der Waals surface area contributed by atoms with Crippen LogP contribution in [0.15, 0.2) is 61.1 Å². The average Bonchev–Trinajstić information content (AvgIpc) is 3.14. The molecule has 0 spiro atoms. The van der Waals surface area contributed by atoms with Crippen LogP contribution in [-0.4, -0.2) is 21.0 Å². The smallest absolute Gasteiger partial charge is 0.124 e. The fraction of sp³-hybridized carbons (Fsp3) is 0.286. The lowest BCUT2D eigenvalue weighted by molar-refractivity contribution is 0.158. The van der Waals surface area contributed by atoms with E-state index < -0.39 is 0 Å². The van der Waals surface area contributed by atoms with Gasteiger partial charge in [-0.25, -0.2) is 0 Å². The third kappa shape index (κ3) is 3.62. The summed E-state index contributed by atoms with van der Waals surface area (Å²) in [7, 11) is 0. The van der Waals surface area contributed by atoms with Gasteiger partial charge in [-0.05, 0) is 43.3 Å². The zero-order chi connectivity index (χ0) is 17.9. The minimum absolute atomic E-state index is 0.365. The van der Waals surface area contributed by atoms with Gasteiger partial charge in [-0.1, -0.05) is 17.7 Å². The van der Waals surface area contributed by atoms with Crippen molar-refractivity contribution in [2.24, 2.45) is 0 Å². The first-order valence-electron chi connectivity index (χ1n) is 8.90. The maximum atomic E-state index is 6.26. The van der Waals surface area contributed by atoms with E-state index in [2.05, 4.69) is 39.7 Å². The molecule has 1 aromatic carbocycles. The molecule has 1 atom stereocenters. The lowest BCUT2D eigenvalue weighted by Gasteiger charge is -2.35. The summed E-state index contributed by atoms with van der Waals surface area (Å²) in [5.41, 5.74) is 3.53. The van der Waals surface area contributed by atoms with Crippen LogP contribution in [0, 0.1) is 0 Å². The second-order valence-electron chi connectivity index (χ2n) is 6.67. The monoisotopic (exact) mass is 367 g/mol. The summed E-state index contributed by atoms with van der Waals surface area (Å²) < 4.78 is 8.41. The third-order valence-corrected chi connectivity index (χ3v) is 5.22. The molecular weight excluding hydrogens is 346 g/mol. The molecule has 1 aliphatic heterocycles. The minimum Gasteiger partial charge on any atom is -0.489 e. The van der Waals surface area contributed by atoms with Crippen molar-refractivity contribution in [3.05, 3.63) is 82.9 Å². The Labute approximate surface area is 159 Å². The third-order valence-electron chi connectivity index (χ3n) is 4.98. The molecule has 2 aromatic heterocycles. The molecule has 0 fully saturated rings. The van der Waals surface area contributed by atoms with Gasteiger partial charge in [-0.2, -0.15) is 0 Å². The van der Waals surface area contributed by atoms with E-state index in [9.17, 15) is 0 Å². The summed E-state index contributed by atoms with van der Waals surface area (Å²) in [6.45, 7) is 5.60. The molecular formula is C21H22ClN3O. The van der Waals surface area contributed by atoms with Crippen molar-refractivity contribution in [3.8, 4) is 5.75 Å². The Morgan fingerprint density at radius 1 is 1.19 bits per heavy atom. The first kappa shape index (κ1) is 17.1. The van der Waals surface area contributed by atoms with Crippen LogP contribution in [0.5, 0.6) is 5.75 Å². The van der Waals surface area contributed by atoms with E-state index in [0.29, 0.717) is 12.6 Å². The van der Waals surface area contributed by atoms with Gasteiger partial charge in [0.25, 0.3) is 0 Å². The molecule has 4 rings (SSSR count). The van der Waals surface area contributed by atoms with Gasteiger partial charge >= 0.3 is 0 Å². The molecule has 1 aliphatic rings. The Morgan fingerprint density at radius 2 is 2.12 bits per heavy atom. The summed E-state index contributed by atoms with van der Waals surface area (Å²) in [6, 6.07) is 14.5. The summed E-state index contributed by atoms with van der Waals surface area (Å²) in [4.78, 5) is 6.61. The van der Waals surface area contributed by atoms with Gasteiger partial charge in [-0.3, -0.25) is 9.88 Å². The van der Waals surface area contributed by atoms with Crippen molar-refractivity contribution in [2.45, 2.75) is 32.7 Å². The molecule has 1 unspecified atom stereocenters. The predicted molar refractivity (Wildman–Crippen MR) is 103 cm³/mol. The number of pyridine rings is 1. The van der Waals surface area contributed by atoms with Crippen molar-refractivity contribution in [2.75, 3.05) is 6.54 Å². The number of nitrogens with zero attached hydrogens (tertiary/aromatic N) is 3. The first-order chi connectivity index (χ1) is 12.7. The van der Waals surface area contributed by atoms with Crippen LogP contribution in [0.4, 0.5) is 0 Å². The zero-order valence-electron chi connectivity index (χ0n) is 14.8. The van der Waals surface area contributed by atoms with Gasteiger partial charge in [0.2, 0.25) is 0 Å². The van der Waals surface area contributed by atoms with E-state index in [-0.39, 0.29) is 0 Å². The molecule has 0 amide bonds. The van der Waals surface area contributed by atoms with Gasteiger partial charge < -0.3 is 9.30 Å². The largest absolute Gasteiger partial charge is 0.489 e. The summed E-state index contributed by atoms with van der Waals surface area (Å²) in [5, 5.41) is 0.738. The van der Waals surface area contributed by atoms with Crippen LogP contribution in [0.1, 0.15) is 29.8 Å². The van der Waals surface area contributed by atoms with Gasteiger partial charge in [0.1, 0.15) is 12.4 Å². The summed E-state index contributed by atoms with van der Waals surface area (Å²) in [5.74, 6) is 0.881.